The van der Waals surface area contributed by atoms with Crippen LogP contribution in [0, 0.1) is 6.07 Å². The lowest BCUT2D eigenvalue weighted by molar-refractivity contribution is 0.320. The molecule has 0 aliphatic heterocycles. The lowest BCUT2D eigenvalue weighted by Gasteiger charge is -2.12. The smallest absolute Gasteiger partial charge is 0.240 e. The minimum atomic E-state index is -2.85. The van der Waals surface area contributed by atoms with Crippen molar-refractivity contribution in [3.05, 3.63) is 30.3 Å². The number of hydroxylamine groups is 1. The molecule has 65 valence electrons. The van der Waals surface area contributed by atoms with Gasteiger partial charge in [-0.15, -0.1) is 0 Å². The standard InChI is InChI=1S/C7H8NO3S/c1-8(11-12(9)10)7-5-3-2-4-6-7/h2-3,5-6,12H,1H3. The first kappa shape index (κ1) is 9.02. The second-order valence-electron chi connectivity index (χ2n) is 2.06. The van der Waals surface area contributed by atoms with Crippen LogP contribution in [0.4, 0.5) is 5.69 Å². The van der Waals surface area contributed by atoms with Crippen molar-refractivity contribution in [3.8, 4) is 0 Å². The van der Waals surface area contributed by atoms with Crippen molar-refractivity contribution in [1.82, 2.24) is 0 Å². The van der Waals surface area contributed by atoms with E-state index in [1.807, 2.05) is 0 Å². The molecule has 5 heteroatoms. The average molecular weight is 186 g/mol. The Labute approximate surface area is 72.5 Å². The highest BCUT2D eigenvalue weighted by atomic mass is 32.2. The van der Waals surface area contributed by atoms with Gasteiger partial charge in [0.1, 0.15) is 0 Å². The summed E-state index contributed by atoms with van der Waals surface area (Å²) in [5.74, 6) is 0. The van der Waals surface area contributed by atoms with E-state index in [0.29, 0.717) is 5.69 Å². The highest BCUT2D eigenvalue weighted by Crippen LogP contribution is 2.10. The molecule has 0 amide bonds. The molecule has 0 saturated carbocycles. The Kier molecular flexibility index (Phi) is 3.07. The maximum atomic E-state index is 10.1. The zero-order chi connectivity index (χ0) is 8.97. The molecule has 0 heterocycles. The van der Waals surface area contributed by atoms with Crippen LogP contribution in [0.25, 0.3) is 0 Å². The van der Waals surface area contributed by atoms with Crippen molar-refractivity contribution in [2.45, 2.75) is 0 Å². The highest BCUT2D eigenvalue weighted by Gasteiger charge is 1.99. The van der Waals surface area contributed by atoms with Gasteiger partial charge in [0.15, 0.2) is 0 Å². The average Bonchev–Trinajstić information content (AvgIpc) is 2.05. The van der Waals surface area contributed by atoms with Crippen molar-refractivity contribution in [2.75, 3.05) is 12.1 Å². The lowest BCUT2D eigenvalue weighted by Crippen LogP contribution is -2.16. The summed E-state index contributed by atoms with van der Waals surface area (Å²) in [5.41, 5.74) is 0.636. The van der Waals surface area contributed by atoms with Crippen LogP contribution in [0.1, 0.15) is 0 Å². The molecule has 0 atom stereocenters. The van der Waals surface area contributed by atoms with E-state index in [2.05, 4.69) is 10.4 Å². The quantitative estimate of drug-likeness (QED) is 0.547. The number of hydrogen-bond donors (Lipinski definition) is 1. The molecule has 0 saturated heterocycles. The van der Waals surface area contributed by atoms with E-state index in [-0.39, 0.29) is 0 Å². The van der Waals surface area contributed by atoms with Gasteiger partial charge in [-0.2, -0.15) is 4.28 Å². The Morgan fingerprint density at radius 1 is 1.58 bits per heavy atom. The molecule has 12 heavy (non-hydrogen) atoms. The first-order chi connectivity index (χ1) is 5.70. The van der Waals surface area contributed by atoms with Crippen molar-refractivity contribution in [1.29, 1.82) is 0 Å². The molecule has 0 fully saturated rings. The van der Waals surface area contributed by atoms with Crippen molar-refractivity contribution in [2.24, 2.45) is 0 Å². The third-order valence-electron chi connectivity index (χ3n) is 1.24. The van der Waals surface area contributed by atoms with Crippen LogP contribution in [-0.4, -0.2) is 15.5 Å². The Balaban J connectivity index is 2.71. The van der Waals surface area contributed by atoms with Gasteiger partial charge in [0.2, 0.25) is 0 Å². The van der Waals surface area contributed by atoms with E-state index in [0.717, 1.165) is 5.06 Å². The Morgan fingerprint density at radius 3 is 2.83 bits per heavy atom. The molecule has 1 radical (unpaired) electrons. The van der Waals surface area contributed by atoms with Crippen molar-refractivity contribution < 1.29 is 12.7 Å². The highest BCUT2D eigenvalue weighted by molar-refractivity contribution is 7.67. The van der Waals surface area contributed by atoms with E-state index in [9.17, 15) is 8.42 Å². The Morgan fingerprint density at radius 2 is 2.33 bits per heavy atom. The number of benzene rings is 1. The van der Waals surface area contributed by atoms with E-state index in [1.54, 1.807) is 24.3 Å². The summed E-state index contributed by atoms with van der Waals surface area (Å²) in [6.45, 7) is 0. The monoisotopic (exact) mass is 186 g/mol. The van der Waals surface area contributed by atoms with Crippen molar-refractivity contribution >= 4 is 16.7 Å². The number of rotatable bonds is 3. The van der Waals surface area contributed by atoms with Crippen LogP contribution in [0.3, 0.4) is 0 Å². The topological polar surface area (TPSA) is 46.6 Å². The van der Waals surface area contributed by atoms with E-state index < -0.39 is 11.0 Å². The van der Waals surface area contributed by atoms with Gasteiger partial charge >= 0.3 is 0 Å². The summed E-state index contributed by atoms with van der Waals surface area (Å²) in [7, 11) is -1.34. The molecule has 0 bridgehead atoms. The summed E-state index contributed by atoms with van der Waals surface area (Å²) in [4.78, 5) is 0. The minimum Gasteiger partial charge on any atom is -0.240 e. The molecule has 4 nitrogen and oxygen atoms in total. The molecular weight excluding hydrogens is 178 g/mol. The summed E-state index contributed by atoms with van der Waals surface area (Å²) in [5, 5.41) is 1.15. The molecular formula is C7H8NO3S. The van der Waals surface area contributed by atoms with E-state index in [1.165, 1.54) is 7.05 Å². The summed E-state index contributed by atoms with van der Waals surface area (Å²) in [6, 6.07) is 9.60. The molecule has 0 spiro atoms. The number of hydrogen-bond acceptors (Lipinski definition) is 4. The Bertz CT molecular complexity index is 302. The fourth-order valence-electron chi connectivity index (χ4n) is 0.727. The third-order valence-corrected chi connectivity index (χ3v) is 1.62. The second-order valence-corrected chi connectivity index (χ2v) is 2.67. The normalized spacial score (nSPS) is 10.2. The zero-order valence-electron chi connectivity index (χ0n) is 6.43. The van der Waals surface area contributed by atoms with Crippen LogP contribution in [-0.2, 0) is 15.3 Å². The first-order valence-corrected chi connectivity index (χ1v) is 4.32. The largest absolute Gasteiger partial charge is 0.277 e. The van der Waals surface area contributed by atoms with Crippen LogP contribution >= 0.6 is 0 Å². The fraction of sp³-hybridized carbons (Fsp3) is 0.143. The van der Waals surface area contributed by atoms with Crippen LogP contribution in [0.2, 0.25) is 0 Å². The molecule has 1 rings (SSSR count). The predicted octanol–water partition coefficient (Wildman–Crippen LogP) is 0.381. The molecule has 0 aliphatic rings. The maximum absolute atomic E-state index is 10.1. The fourth-order valence-corrected chi connectivity index (χ4v) is 1.02. The minimum absolute atomic E-state index is 0.636. The van der Waals surface area contributed by atoms with Crippen molar-refractivity contribution in [3.63, 3.8) is 0 Å². The van der Waals surface area contributed by atoms with Gasteiger partial charge in [-0.05, 0) is 18.2 Å². The summed E-state index contributed by atoms with van der Waals surface area (Å²) >= 11 is 0. The SMILES string of the molecule is CN(O[SH](=O)=O)c1c[c]ccc1. The Hall–Kier alpha value is -1.07. The summed E-state index contributed by atoms with van der Waals surface area (Å²) < 4.78 is 24.7. The zero-order valence-corrected chi connectivity index (χ0v) is 7.32. The predicted molar refractivity (Wildman–Crippen MR) is 45.1 cm³/mol. The van der Waals surface area contributed by atoms with Gasteiger partial charge in [0.25, 0.3) is 11.0 Å². The molecule has 1 aromatic carbocycles. The lowest BCUT2D eigenvalue weighted by atomic mass is 10.3. The summed E-state index contributed by atoms with van der Waals surface area (Å²) in [6.07, 6.45) is 0. The van der Waals surface area contributed by atoms with Crippen LogP contribution in [0.15, 0.2) is 24.3 Å². The molecule has 1 aromatic rings. The number of anilines is 1. The first-order valence-electron chi connectivity index (χ1n) is 3.22. The maximum Gasteiger partial charge on any atom is 0.277 e. The van der Waals surface area contributed by atoms with Gasteiger partial charge in [-0.3, -0.25) is 0 Å². The molecule has 0 aliphatic carbocycles. The van der Waals surface area contributed by atoms with Gasteiger partial charge in [0.05, 0.1) is 5.69 Å². The van der Waals surface area contributed by atoms with Gasteiger partial charge in [0, 0.05) is 7.05 Å². The number of nitrogens with zero attached hydrogens (tertiary/aromatic N) is 1. The van der Waals surface area contributed by atoms with Gasteiger partial charge in [-0.25, -0.2) is 13.5 Å². The molecule has 0 unspecified atom stereocenters. The third kappa shape index (κ3) is 2.52. The van der Waals surface area contributed by atoms with Crippen LogP contribution in [0.5, 0.6) is 0 Å². The van der Waals surface area contributed by atoms with Gasteiger partial charge in [-0.1, -0.05) is 12.1 Å². The second kappa shape index (κ2) is 4.08. The number of thiol groups is 1. The van der Waals surface area contributed by atoms with E-state index >= 15 is 0 Å². The van der Waals surface area contributed by atoms with E-state index in [4.69, 9.17) is 0 Å². The molecule has 0 aromatic heterocycles. The molecule has 0 N–H and O–H groups in total. The van der Waals surface area contributed by atoms with Crippen LogP contribution < -0.4 is 5.06 Å². The van der Waals surface area contributed by atoms with Gasteiger partial charge < -0.3 is 0 Å².